The van der Waals surface area contributed by atoms with Crippen LogP contribution in [0.15, 0.2) is 54.6 Å². The van der Waals surface area contributed by atoms with Gasteiger partial charge in [0, 0.05) is 24.7 Å². The Morgan fingerprint density at radius 1 is 0.964 bits per heavy atom. The Morgan fingerprint density at radius 2 is 1.61 bits per heavy atom. The molecule has 0 unspecified atom stereocenters. The van der Waals surface area contributed by atoms with Gasteiger partial charge in [0.1, 0.15) is 0 Å². The van der Waals surface area contributed by atoms with Gasteiger partial charge in [0.15, 0.2) is 0 Å². The van der Waals surface area contributed by atoms with Crippen molar-refractivity contribution in [3.8, 4) is 0 Å². The van der Waals surface area contributed by atoms with Gasteiger partial charge in [-0.25, -0.2) is 0 Å². The second-order valence-corrected chi connectivity index (χ2v) is 6.78. The predicted octanol–water partition coefficient (Wildman–Crippen LogP) is 2.07. The number of hydrogen-bond acceptors (Lipinski definition) is 4. The van der Waals surface area contributed by atoms with Crippen LogP contribution in [0.25, 0.3) is 0 Å². The summed E-state index contributed by atoms with van der Waals surface area (Å²) in [6, 6.07) is 16.4. The SMILES string of the molecule is NC(=O)C1CCN(C(=O)c2ccccc2NC(=O)CNc2ccccc2)CC1. The molecule has 3 amide bonds. The number of hydrogen-bond donors (Lipinski definition) is 3. The summed E-state index contributed by atoms with van der Waals surface area (Å²) in [5.74, 6) is -0.889. The number of primary amides is 1. The first-order chi connectivity index (χ1) is 13.5. The van der Waals surface area contributed by atoms with Crippen molar-refractivity contribution in [3.63, 3.8) is 0 Å². The smallest absolute Gasteiger partial charge is 0.255 e. The van der Waals surface area contributed by atoms with Gasteiger partial charge in [-0.1, -0.05) is 30.3 Å². The number of piperidine rings is 1. The molecular weight excluding hydrogens is 356 g/mol. The van der Waals surface area contributed by atoms with Gasteiger partial charge in [-0.2, -0.15) is 0 Å². The van der Waals surface area contributed by atoms with Crippen molar-refractivity contribution in [1.29, 1.82) is 0 Å². The van der Waals surface area contributed by atoms with E-state index in [1.807, 2.05) is 30.3 Å². The Hall–Kier alpha value is -3.35. The number of nitrogens with two attached hydrogens (primary N) is 1. The molecule has 146 valence electrons. The Labute approximate surface area is 163 Å². The lowest BCUT2D eigenvalue weighted by molar-refractivity contribution is -0.123. The normalized spacial score (nSPS) is 14.4. The molecule has 1 aliphatic heterocycles. The molecule has 7 nitrogen and oxygen atoms in total. The first-order valence-corrected chi connectivity index (χ1v) is 9.31. The van der Waals surface area contributed by atoms with Crippen LogP contribution in [0, 0.1) is 5.92 Å². The van der Waals surface area contributed by atoms with E-state index in [1.54, 1.807) is 29.2 Å². The van der Waals surface area contributed by atoms with E-state index in [0.29, 0.717) is 37.2 Å². The lowest BCUT2D eigenvalue weighted by atomic mass is 9.95. The van der Waals surface area contributed by atoms with Gasteiger partial charge < -0.3 is 21.3 Å². The van der Waals surface area contributed by atoms with Gasteiger partial charge in [0.2, 0.25) is 11.8 Å². The minimum Gasteiger partial charge on any atom is -0.376 e. The highest BCUT2D eigenvalue weighted by Gasteiger charge is 2.27. The first kappa shape index (κ1) is 19.4. The highest BCUT2D eigenvalue weighted by molar-refractivity contribution is 6.04. The van der Waals surface area contributed by atoms with Gasteiger partial charge in [-0.3, -0.25) is 14.4 Å². The lowest BCUT2D eigenvalue weighted by Crippen LogP contribution is -2.42. The molecule has 4 N–H and O–H groups in total. The second-order valence-electron chi connectivity index (χ2n) is 6.78. The molecule has 0 aromatic heterocycles. The molecule has 0 spiro atoms. The maximum Gasteiger partial charge on any atom is 0.255 e. The number of anilines is 2. The number of amides is 3. The fraction of sp³-hybridized carbons (Fsp3) is 0.286. The third-order valence-electron chi connectivity index (χ3n) is 4.84. The molecule has 1 fully saturated rings. The van der Waals surface area contributed by atoms with E-state index in [-0.39, 0.29) is 30.2 Å². The molecule has 0 atom stereocenters. The molecule has 3 rings (SSSR count). The molecule has 1 saturated heterocycles. The number of nitrogens with zero attached hydrogens (tertiary/aromatic N) is 1. The van der Waals surface area contributed by atoms with Crippen molar-refractivity contribution in [2.45, 2.75) is 12.8 Å². The summed E-state index contributed by atoms with van der Waals surface area (Å²) < 4.78 is 0. The van der Waals surface area contributed by atoms with E-state index in [0.717, 1.165) is 5.69 Å². The number of carbonyl (C=O) groups excluding carboxylic acids is 3. The van der Waals surface area contributed by atoms with Gasteiger partial charge in [-0.15, -0.1) is 0 Å². The van der Waals surface area contributed by atoms with Crippen LogP contribution in [0.5, 0.6) is 0 Å². The highest BCUT2D eigenvalue weighted by atomic mass is 16.2. The first-order valence-electron chi connectivity index (χ1n) is 9.31. The summed E-state index contributed by atoms with van der Waals surface area (Å²) in [6.07, 6.45) is 1.13. The second kappa shape index (κ2) is 9.03. The average molecular weight is 380 g/mol. The molecule has 0 saturated carbocycles. The number of likely N-dealkylation sites (tertiary alicyclic amines) is 1. The fourth-order valence-corrected chi connectivity index (χ4v) is 3.25. The molecule has 7 heteroatoms. The summed E-state index contributed by atoms with van der Waals surface area (Å²) in [6.45, 7) is 1.05. The number of para-hydroxylation sites is 2. The molecule has 0 aliphatic carbocycles. The number of benzene rings is 2. The van der Waals surface area contributed by atoms with E-state index >= 15 is 0 Å². The van der Waals surface area contributed by atoms with Crippen molar-refractivity contribution in [2.24, 2.45) is 11.7 Å². The molecule has 2 aromatic rings. The molecule has 0 radical (unpaired) electrons. The molecular formula is C21H24N4O3. The van der Waals surface area contributed by atoms with Crippen LogP contribution in [0.3, 0.4) is 0 Å². The lowest BCUT2D eigenvalue weighted by Gasteiger charge is -2.31. The van der Waals surface area contributed by atoms with Gasteiger partial charge in [0.05, 0.1) is 17.8 Å². The highest BCUT2D eigenvalue weighted by Crippen LogP contribution is 2.22. The quantitative estimate of drug-likeness (QED) is 0.713. The number of carbonyl (C=O) groups is 3. The predicted molar refractivity (Wildman–Crippen MR) is 108 cm³/mol. The molecule has 0 bridgehead atoms. The van der Waals surface area contributed by atoms with Crippen molar-refractivity contribution >= 4 is 29.1 Å². The summed E-state index contributed by atoms with van der Waals surface area (Å²) >= 11 is 0. The van der Waals surface area contributed by atoms with Gasteiger partial charge in [-0.05, 0) is 37.1 Å². The van der Waals surface area contributed by atoms with E-state index in [2.05, 4.69) is 10.6 Å². The third-order valence-corrected chi connectivity index (χ3v) is 4.84. The van der Waals surface area contributed by atoms with Crippen LogP contribution in [-0.2, 0) is 9.59 Å². The number of rotatable bonds is 6. The van der Waals surface area contributed by atoms with Crippen molar-refractivity contribution < 1.29 is 14.4 Å². The van der Waals surface area contributed by atoms with Crippen LogP contribution in [0.2, 0.25) is 0 Å². The van der Waals surface area contributed by atoms with Crippen molar-refractivity contribution in [3.05, 3.63) is 60.2 Å². The molecule has 2 aromatic carbocycles. The summed E-state index contributed by atoms with van der Waals surface area (Å²) in [7, 11) is 0. The monoisotopic (exact) mass is 380 g/mol. The maximum absolute atomic E-state index is 12.9. The van der Waals surface area contributed by atoms with Crippen LogP contribution in [0.4, 0.5) is 11.4 Å². The van der Waals surface area contributed by atoms with Gasteiger partial charge in [0.25, 0.3) is 5.91 Å². The summed E-state index contributed by atoms with van der Waals surface area (Å²) in [4.78, 5) is 38.2. The summed E-state index contributed by atoms with van der Waals surface area (Å²) in [5, 5.41) is 5.85. The van der Waals surface area contributed by atoms with Crippen LogP contribution in [-0.4, -0.2) is 42.3 Å². The standard InChI is InChI=1S/C21H24N4O3/c22-20(27)15-10-12-25(13-11-15)21(28)17-8-4-5-9-18(17)24-19(26)14-23-16-6-2-1-3-7-16/h1-9,15,23H,10-14H2,(H2,22,27)(H,24,26). The zero-order valence-corrected chi connectivity index (χ0v) is 15.6. The van der Waals surface area contributed by atoms with E-state index in [4.69, 9.17) is 5.73 Å². The molecule has 28 heavy (non-hydrogen) atoms. The van der Waals surface area contributed by atoms with Crippen molar-refractivity contribution in [2.75, 3.05) is 30.3 Å². The topological polar surface area (TPSA) is 105 Å². The van der Waals surface area contributed by atoms with E-state index < -0.39 is 0 Å². The van der Waals surface area contributed by atoms with Gasteiger partial charge >= 0.3 is 0 Å². The Balaban J connectivity index is 1.61. The minimum absolute atomic E-state index is 0.0938. The van der Waals surface area contributed by atoms with E-state index in [9.17, 15) is 14.4 Å². The maximum atomic E-state index is 12.9. The molecule has 1 aliphatic rings. The Bertz CT molecular complexity index is 846. The van der Waals surface area contributed by atoms with Crippen LogP contribution in [0.1, 0.15) is 23.2 Å². The van der Waals surface area contributed by atoms with Crippen molar-refractivity contribution in [1.82, 2.24) is 4.90 Å². The fourth-order valence-electron chi connectivity index (χ4n) is 3.25. The Morgan fingerprint density at radius 3 is 2.29 bits per heavy atom. The number of nitrogens with one attached hydrogen (secondary N) is 2. The largest absolute Gasteiger partial charge is 0.376 e. The summed E-state index contributed by atoms with van der Waals surface area (Å²) in [5.41, 5.74) is 7.11. The third kappa shape index (κ3) is 4.88. The van der Waals surface area contributed by atoms with E-state index in [1.165, 1.54) is 0 Å². The zero-order chi connectivity index (χ0) is 19.9. The Kier molecular flexibility index (Phi) is 6.26. The van der Waals surface area contributed by atoms with Crippen LogP contribution >= 0.6 is 0 Å². The zero-order valence-electron chi connectivity index (χ0n) is 15.6. The molecule has 1 heterocycles. The van der Waals surface area contributed by atoms with Crippen LogP contribution < -0.4 is 16.4 Å². The average Bonchev–Trinajstić information content (AvgIpc) is 2.73. The minimum atomic E-state index is -0.314.